The molecule has 0 atom stereocenters. The summed E-state index contributed by atoms with van der Waals surface area (Å²) in [6, 6.07) is 0. The zero-order valence-electron chi connectivity index (χ0n) is 3.38. The van der Waals surface area contributed by atoms with Gasteiger partial charge in [-0.3, -0.25) is 0 Å². The summed E-state index contributed by atoms with van der Waals surface area (Å²) < 4.78 is 9.10. The van der Waals surface area contributed by atoms with Gasteiger partial charge in [0, 0.05) is 0 Å². The molecule has 3 nitrogen and oxygen atoms in total. The minimum Gasteiger partial charge on any atom is -0.811 e. The summed E-state index contributed by atoms with van der Waals surface area (Å²) in [5.74, 6) is 0. The predicted octanol–water partition coefficient (Wildman–Crippen LogP) is -1.85. The second kappa shape index (κ2) is 3.69. The van der Waals surface area contributed by atoms with Gasteiger partial charge in [0.25, 0.3) is 0 Å². The molecule has 0 amide bonds. The molecule has 6 heavy (non-hydrogen) atoms. The van der Waals surface area contributed by atoms with E-state index in [2.05, 4.69) is 0 Å². The first kappa shape index (κ1) is 10.7. The molecule has 0 heterocycles. The summed E-state index contributed by atoms with van der Waals surface area (Å²) in [4.78, 5) is 18.2. The monoisotopic (exact) mass is 232 g/mol. The van der Waals surface area contributed by atoms with E-state index in [-0.39, 0.29) is 48.9 Å². The quantitative estimate of drug-likeness (QED) is 0.363. The van der Waals surface area contributed by atoms with Crippen LogP contribution in [0.2, 0.25) is 0 Å². The van der Waals surface area contributed by atoms with Gasteiger partial charge in [0.15, 0.2) is 0 Å². The van der Waals surface area contributed by atoms with Crippen LogP contribution in [-0.2, 0) is 4.57 Å². The topological polar surface area (TPSA) is 63.2 Å². The van der Waals surface area contributed by atoms with Gasteiger partial charge < -0.3 is 14.4 Å². The van der Waals surface area contributed by atoms with E-state index < -0.39 is 7.60 Å². The van der Waals surface area contributed by atoms with Gasteiger partial charge in [-0.05, 0) is 6.66 Å². The van der Waals surface area contributed by atoms with Crippen LogP contribution in [0.5, 0.6) is 0 Å². The van der Waals surface area contributed by atoms with Gasteiger partial charge in [0.05, 0.1) is 0 Å². The third-order valence-corrected chi connectivity index (χ3v) is 0. The summed E-state index contributed by atoms with van der Waals surface area (Å²) in [6.07, 6.45) is 0. The molecule has 0 fully saturated rings. The maximum Gasteiger partial charge on any atom is 2.00 e. The van der Waals surface area contributed by atoms with Gasteiger partial charge in [0.1, 0.15) is 0 Å². The minimum atomic E-state index is -4.14. The Morgan fingerprint density at radius 2 is 1.50 bits per heavy atom. The molecule has 0 aromatic rings. The van der Waals surface area contributed by atoms with Crippen LogP contribution in [0, 0.1) is 0 Å². The standard InChI is InChI=1S/CH5O3P.Ba/c1-5(2,3)4;/h1H3,(H2,2,3,4);/q;+2/p-2. The zero-order chi connectivity index (χ0) is 4.50. The molecule has 0 bridgehead atoms. The van der Waals surface area contributed by atoms with Gasteiger partial charge in [-0.2, -0.15) is 0 Å². The van der Waals surface area contributed by atoms with E-state index in [4.69, 9.17) is 14.4 Å². The van der Waals surface area contributed by atoms with Crippen molar-refractivity contribution in [2.75, 3.05) is 6.66 Å². The van der Waals surface area contributed by atoms with E-state index >= 15 is 0 Å². The smallest absolute Gasteiger partial charge is 0.811 e. The Hall–Kier alpha value is 1.72. The van der Waals surface area contributed by atoms with Gasteiger partial charge in [0.2, 0.25) is 0 Å². The fraction of sp³-hybridized carbons (Fsp3) is 1.00. The van der Waals surface area contributed by atoms with Crippen molar-refractivity contribution in [1.29, 1.82) is 0 Å². The molecule has 0 rings (SSSR count). The van der Waals surface area contributed by atoms with Crippen LogP contribution in [0.4, 0.5) is 0 Å². The molecular weight excluding hydrogens is 228 g/mol. The summed E-state index contributed by atoms with van der Waals surface area (Å²) >= 11 is 0. The van der Waals surface area contributed by atoms with E-state index in [1.165, 1.54) is 0 Å². The first-order valence-electron chi connectivity index (χ1n) is 0.995. The molecule has 0 spiro atoms. The number of rotatable bonds is 0. The Morgan fingerprint density at radius 1 is 1.50 bits per heavy atom. The Morgan fingerprint density at radius 3 is 1.50 bits per heavy atom. The van der Waals surface area contributed by atoms with E-state index in [1.807, 2.05) is 0 Å². The Labute approximate surface area is 76.4 Å². The van der Waals surface area contributed by atoms with Gasteiger partial charge in [-0.1, -0.05) is 7.60 Å². The third kappa shape index (κ3) is 43.0. The van der Waals surface area contributed by atoms with Gasteiger partial charge >= 0.3 is 48.9 Å². The minimum absolute atomic E-state index is 0. The van der Waals surface area contributed by atoms with Crippen molar-refractivity contribution in [1.82, 2.24) is 0 Å². The normalized spacial score (nSPS) is 9.83. The van der Waals surface area contributed by atoms with E-state index in [9.17, 15) is 0 Å². The zero-order valence-corrected chi connectivity index (χ0v) is 8.71. The molecule has 32 valence electrons. The molecule has 0 radical (unpaired) electrons. The molecule has 0 saturated heterocycles. The first-order chi connectivity index (χ1) is 2.00. The van der Waals surface area contributed by atoms with E-state index in [0.29, 0.717) is 6.66 Å². The van der Waals surface area contributed by atoms with Crippen LogP contribution in [0.25, 0.3) is 0 Å². The predicted molar refractivity (Wildman–Crippen MR) is 19.3 cm³/mol. The average Bonchev–Trinajstić information content (AvgIpc) is 0.722. The third-order valence-electron chi connectivity index (χ3n) is 0. The molecule has 0 aromatic heterocycles. The van der Waals surface area contributed by atoms with Gasteiger partial charge in [-0.15, -0.1) is 0 Å². The molecule has 0 aromatic carbocycles. The molecule has 0 saturated carbocycles. The second-order valence-corrected chi connectivity index (χ2v) is 2.31. The van der Waals surface area contributed by atoms with Crippen molar-refractivity contribution in [3.05, 3.63) is 0 Å². The molecular formula is CH3BaO3P. The molecule has 0 aliphatic carbocycles. The van der Waals surface area contributed by atoms with Crippen LogP contribution >= 0.6 is 7.60 Å². The van der Waals surface area contributed by atoms with E-state index in [0.717, 1.165) is 0 Å². The number of hydrogen-bond acceptors (Lipinski definition) is 3. The average molecular weight is 231 g/mol. The molecule has 0 unspecified atom stereocenters. The summed E-state index contributed by atoms with van der Waals surface area (Å²) in [5, 5.41) is 0. The van der Waals surface area contributed by atoms with Crippen molar-refractivity contribution >= 4 is 56.5 Å². The molecule has 0 N–H and O–H groups in total. The summed E-state index contributed by atoms with van der Waals surface area (Å²) in [6.45, 7) is 0.632. The second-order valence-electron chi connectivity index (χ2n) is 0.771. The number of hydrogen-bond donors (Lipinski definition) is 0. The Kier molecular flexibility index (Phi) is 6.55. The summed E-state index contributed by atoms with van der Waals surface area (Å²) in [5.41, 5.74) is 0. The van der Waals surface area contributed by atoms with Crippen LogP contribution in [-0.4, -0.2) is 55.5 Å². The van der Waals surface area contributed by atoms with Crippen LogP contribution in [0.15, 0.2) is 0 Å². The van der Waals surface area contributed by atoms with Crippen molar-refractivity contribution in [2.45, 2.75) is 0 Å². The maximum absolute atomic E-state index is 9.10. The maximum atomic E-state index is 9.10. The largest absolute Gasteiger partial charge is 2.00 e. The molecule has 0 aliphatic heterocycles. The molecule has 0 aliphatic rings. The first-order valence-corrected chi connectivity index (χ1v) is 2.98. The fourth-order valence-electron chi connectivity index (χ4n) is 0. The SMILES string of the molecule is CP(=O)([O-])[O-].[Ba+2]. The van der Waals surface area contributed by atoms with Crippen LogP contribution < -0.4 is 9.79 Å². The van der Waals surface area contributed by atoms with Crippen molar-refractivity contribution in [2.24, 2.45) is 0 Å². The summed E-state index contributed by atoms with van der Waals surface area (Å²) in [7, 11) is -4.14. The Bertz CT molecular complexity index is 56.9. The van der Waals surface area contributed by atoms with Crippen LogP contribution in [0.1, 0.15) is 0 Å². The van der Waals surface area contributed by atoms with Crippen molar-refractivity contribution in [3.8, 4) is 0 Å². The molecule has 5 heteroatoms. The van der Waals surface area contributed by atoms with E-state index in [1.54, 1.807) is 0 Å². The van der Waals surface area contributed by atoms with Gasteiger partial charge in [-0.25, -0.2) is 0 Å². The van der Waals surface area contributed by atoms with Crippen molar-refractivity contribution < 1.29 is 14.4 Å². The Balaban J connectivity index is 0. The van der Waals surface area contributed by atoms with Crippen LogP contribution in [0.3, 0.4) is 0 Å². The fourth-order valence-corrected chi connectivity index (χ4v) is 0. The van der Waals surface area contributed by atoms with Crippen molar-refractivity contribution in [3.63, 3.8) is 0 Å².